The van der Waals surface area contributed by atoms with Gasteiger partial charge < -0.3 is 5.11 Å². The minimum atomic E-state index is -0.0257. The molecule has 0 bridgehead atoms. The molecule has 3 nitrogen and oxygen atoms in total. The highest BCUT2D eigenvalue weighted by atomic mass is 16.3. The van der Waals surface area contributed by atoms with Crippen LogP contribution >= 0.6 is 0 Å². The second kappa shape index (κ2) is 3.54. The van der Waals surface area contributed by atoms with Crippen molar-refractivity contribution in [2.45, 2.75) is 31.7 Å². The second-order valence-corrected chi connectivity index (χ2v) is 3.65. The largest absolute Gasteiger partial charge is 0.375 e. The van der Waals surface area contributed by atoms with Crippen molar-refractivity contribution >= 4 is 5.71 Å². The van der Waals surface area contributed by atoms with Crippen molar-refractivity contribution in [2.24, 2.45) is 4.99 Å². The molecule has 2 saturated heterocycles. The maximum absolute atomic E-state index is 8.66. The lowest BCUT2D eigenvalue weighted by atomic mass is 10.0. The lowest BCUT2D eigenvalue weighted by Gasteiger charge is -2.30. The molecule has 0 aliphatic carbocycles. The van der Waals surface area contributed by atoms with Crippen molar-refractivity contribution in [3.63, 3.8) is 0 Å². The molecule has 0 aromatic heterocycles. The van der Waals surface area contributed by atoms with Crippen molar-refractivity contribution in [1.29, 1.82) is 0 Å². The lowest BCUT2D eigenvalue weighted by Crippen LogP contribution is -2.38. The average molecular weight is 168 g/mol. The summed E-state index contributed by atoms with van der Waals surface area (Å²) < 4.78 is 0. The summed E-state index contributed by atoms with van der Waals surface area (Å²) in [5.74, 6) is 0. The molecule has 0 aromatic rings. The van der Waals surface area contributed by atoms with E-state index < -0.39 is 0 Å². The molecule has 0 spiro atoms. The maximum atomic E-state index is 8.66. The van der Waals surface area contributed by atoms with Crippen LogP contribution in [0.2, 0.25) is 0 Å². The molecule has 12 heavy (non-hydrogen) atoms. The number of fused-ring (bicyclic) bond motifs is 1. The van der Waals surface area contributed by atoms with E-state index in [1.54, 1.807) is 0 Å². The summed E-state index contributed by atoms with van der Waals surface area (Å²) in [7, 11) is 0. The molecule has 2 aliphatic rings. The number of piperidine rings is 1. The smallest absolute Gasteiger partial charge is 0.134 e. The minimum Gasteiger partial charge on any atom is -0.375 e. The highest BCUT2D eigenvalue weighted by molar-refractivity contribution is 5.85. The Balaban J connectivity index is 1.96. The van der Waals surface area contributed by atoms with E-state index >= 15 is 0 Å². The predicted molar refractivity (Wildman–Crippen MR) is 48.3 cm³/mol. The molecule has 1 atom stereocenters. The summed E-state index contributed by atoms with van der Waals surface area (Å²) in [6, 6.07) is 0.740. The van der Waals surface area contributed by atoms with Gasteiger partial charge in [-0.05, 0) is 25.8 Å². The first-order chi connectivity index (χ1) is 5.90. The van der Waals surface area contributed by atoms with Crippen LogP contribution in [0.25, 0.3) is 0 Å². The molecule has 2 aliphatic heterocycles. The van der Waals surface area contributed by atoms with Crippen molar-refractivity contribution in [2.75, 3.05) is 19.8 Å². The first kappa shape index (κ1) is 8.20. The average Bonchev–Trinajstić information content (AvgIpc) is 2.51. The highest BCUT2D eigenvalue weighted by Crippen LogP contribution is 2.25. The summed E-state index contributed by atoms with van der Waals surface area (Å²) in [4.78, 5) is 6.64. The SMILES string of the molecule is OC/N=C1\CCN2CCCC2C1. The first-order valence-corrected chi connectivity index (χ1v) is 4.77. The van der Waals surface area contributed by atoms with Gasteiger partial charge in [-0.2, -0.15) is 0 Å². The molecular formula is C9H16N2O. The number of nitrogens with zero attached hydrogens (tertiary/aromatic N) is 2. The summed E-state index contributed by atoms with van der Waals surface area (Å²) in [5, 5.41) is 8.66. The van der Waals surface area contributed by atoms with Crippen LogP contribution < -0.4 is 0 Å². The van der Waals surface area contributed by atoms with Crippen molar-refractivity contribution in [1.82, 2.24) is 4.90 Å². The Morgan fingerprint density at radius 1 is 1.50 bits per heavy atom. The summed E-state index contributed by atoms with van der Waals surface area (Å²) in [5.41, 5.74) is 1.22. The van der Waals surface area contributed by atoms with Gasteiger partial charge in [-0.1, -0.05) is 0 Å². The fraction of sp³-hybridized carbons (Fsp3) is 0.889. The van der Waals surface area contributed by atoms with E-state index in [0.29, 0.717) is 0 Å². The van der Waals surface area contributed by atoms with Gasteiger partial charge in [0.1, 0.15) is 6.73 Å². The molecule has 0 amide bonds. The van der Waals surface area contributed by atoms with E-state index in [1.807, 2.05) is 0 Å². The summed E-state index contributed by atoms with van der Waals surface area (Å²) in [6.07, 6.45) is 4.83. The zero-order chi connectivity index (χ0) is 8.39. The number of hydrogen-bond donors (Lipinski definition) is 1. The van der Waals surface area contributed by atoms with Crippen LogP contribution in [0.15, 0.2) is 4.99 Å². The van der Waals surface area contributed by atoms with E-state index in [9.17, 15) is 0 Å². The molecule has 3 heteroatoms. The molecule has 0 radical (unpaired) electrons. The van der Waals surface area contributed by atoms with Crippen LogP contribution in [0.4, 0.5) is 0 Å². The Morgan fingerprint density at radius 2 is 2.42 bits per heavy atom. The van der Waals surface area contributed by atoms with Crippen molar-refractivity contribution < 1.29 is 5.11 Å². The van der Waals surface area contributed by atoms with E-state index in [0.717, 1.165) is 25.4 Å². The van der Waals surface area contributed by atoms with Gasteiger partial charge in [-0.15, -0.1) is 0 Å². The Hall–Kier alpha value is -0.410. The van der Waals surface area contributed by atoms with Crippen LogP contribution in [0.5, 0.6) is 0 Å². The summed E-state index contributed by atoms with van der Waals surface area (Å²) >= 11 is 0. The number of aliphatic imine (C=N–C) groups is 1. The fourth-order valence-electron chi connectivity index (χ4n) is 2.31. The molecule has 0 aromatic carbocycles. The molecule has 2 fully saturated rings. The summed E-state index contributed by atoms with van der Waals surface area (Å²) in [6.45, 7) is 2.41. The van der Waals surface area contributed by atoms with E-state index in [2.05, 4.69) is 9.89 Å². The number of aliphatic hydroxyl groups excluding tert-OH is 1. The third-order valence-electron chi connectivity index (χ3n) is 2.95. The van der Waals surface area contributed by atoms with E-state index in [1.165, 1.54) is 25.1 Å². The Morgan fingerprint density at radius 3 is 3.25 bits per heavy atom. The molecular weight excluding hydrogens is 152 g/mol. The molecule has 0 saturated carbocycles. The highest BCUT2D eigenvalue weighted by Gasteiger charge is 2.29. The Kier molecular flexibility index (Phi) is 2.42. The lowest BCUT2D eigenvalue weighted by molar-refractivity contribution is 0.246. The van der Waals surface area contributed by atoms with Gasteiger partial charge in [0.15, 0.2) is 0 Å². The molecule has 2 heterocycles. The second-order valence-electron chi connectivity index (χ2n) is 3.65. The van der Waals surface area contributed by atoms with Crippen molar-refractivity contribution in [3.8, 4) is 0 Å². The quantitative estimate of drug-likeness (QED) is 0.623. The van der Waals surface area contributed by atoms with Gasteiger partial charge in [0.2, 0.25) is 0 Å². The van der Waals surface area contributed by atoms with E-state index in [-0.39, 0.29) is 6.73 Å². The number of aliphatic hydroxyl groups is 1. The van der Waals surface area contributed by atoms with Gasteiger partial charge in [-0.25, -0.2) is 0 Å². The Labute approximate surface area is 73.1 Å². The maximum Gasteiger partial charge on any atom is 0.134 e. The fourth-order valence-corrected chi connectivity index (χ4v) is 2.31. The van der Waals surface area contributed by atoms with Crippen LogP contribution in [0.3, 0.4) is 0 Å². The third kappa shape index (κ3) is 1.52. The molecule has 1 unspecified atom stereocenters. The standard InChI is InChI=1S/C9H16N2O/c12-7-10-8-3-5-11-4-1-2-9(11)6-8/h9,12H,1-7H2/b10-8+. The number of rotatable bonds is 1. The van der Waals surface area contributed by atoms with Crippen molar-refractivity contribution in [3.05, 3.63) is 0 Å². The predicted octanol–water partition coefficient (Wildman–Crippen LogP) is 0.635. The van der Waals surface area contributed by atoms with Gasteiger partial charge in [0, 0.05) is 24.7 Å². The molecule has 2 rings (SSSR count). The minimum absolute atomic E-state index is 0.0257. The van der Waals surface area contributed by atoms with E-state index in [4.69, 9.17) is 5.11 Å². The zero-order valence-corrected chi connectivity index (χ0v) is 7.37. The molecule has 1 N–H and O–H groups in total. The molecule has 68 valence electrons. The normalized spacial score (nSPS) is 34.1. The monoisotopic (exact) mass is 168 g/mol. The van der Waals surface area contributed by atoms with Gasteiger partial charge in [-0.3, -0.25) is 9.89 Å². The van der Waals surface area contributed by atoms with Crippen LogP contribution in [0, 0.1) is 0 Å². The van der Waals surface area contributed by atoms with Gasteiger partial charge in [0.25, 0.3) is 0 Å². The number of hydrogen-bond acceptors (Lipinski definition) is 3. The topological polar surface area (TPSA) is 35.8 Å². The van der Waals surface area contributed by atoms with Crippen LogP contribution in [-0.2, 0) is 0 Å². The van der Waals surface area contributed by atoms with Crippen LogP contribution in [0.1, 0.15) is 25.7 Å². The Bertz CT molecular complexity index is 191. The first-order valence-electron chi connectivity index (χ1n) is 4.77. The van der Waals surface area contributed by atoms with Gasteiger partial charge in [0.05, 0.1) is 0 Å². The van der Waals surface area contributed by atoms with Crippen LogP contribution in [-0.4, -0.2) is 41.6 Å². The zero-order valence-electron chi connectivity index (χ0n) is 7.37. The third-order valence-corrected chi connectivity index (χ3v) is 2.95. The van der Waals surface area contributed by atoms with Gasteiger partial charge >= 0.3 is 0 Å².